The second kappa shape index (κ2) is 6.61. The van der Waals surface area contributed by atoms with Gasteiger partial charge in [0.05, 0.1) is 31.1 Å². The first-order valence-electron chi connectivity index (χ1n) is 4.86. The maximum absolute atomic E-state index is 8.75. The Bertz CT molecular complexity index is 376. The van der Waals surface area contributed by atoms with Crippen LogP contribution in [0.3, 0.4) is 0 Å². The number of aromatic nitrogens is 1. The van der Waals surface area contributed by atoms with Gasteiger partial charge < -0.3 is 20.9 Å². The zero-order chi connectivity index (χ0) is 11.8. The minimum atomic E-state index is 0.00427. The second-order valence-electron chi connectivity index (χ2n) is 3.00. The number of ether oxygens (including phenoxy) is 1. The van der Waals surface area contributed by atoms with Gasteiger partial charge in [0, 0.05) is 12.7 Å². The molecule has 0 radical (unpaired) electrons. The van der Waals surface area contributed by atoms with Gasteiger partial charge in [0.1, 0.15) is 6.07 Å². The summed E-state index contributed by atoms with van der Waals surface area (Å²) in [6, 6.07) is 3.54. The van der Waals surface area contributed by atoms with E-state index < -0.39 is 0 Å². The number of aliphatic hydroxyl groups is 1. The maximum Gasteiger partial charge on any atom is 0.150 e. The molecule has 0 saturated heterocycles. The number of rotatable bonds is 6. The summed E-state index contributed by atoms with van der Waals surface area (Å²) in [7, 11) is 0. The Morgan fingerprint density at radius 2 is 2.38 bits per heavy atom. The van der Waals surface area contributed by atoms with E-state index in [0.717, 1.165) is 0 Å². The number of aliphatic hydroxyl groups excluding tert-OH is 1. The molecule has 1 aromatic heterocycles. The van der Waals surface area contributed by atoms with Gasteiger partial charge in [-0.15, -0.1) is 0 Å². The van der Waals surface area contributed by atoms with Gasteiger partial charge in [-0.2, -0.15) is 5.26 Å². The lowest BCUT2D eigenvalue weighted by Gasteiger charge is -2.08. The van der Waals surface area contributed by atoms with Crippen LogP contribution in [0, 0.1) is 11.3 Å². The maximum atomic E-state index is 8.75. The smallest absolute Gasteiger partial charge is 0.150 e. The summed E-state index contributed by atoms with van der Waals surface area (Å²) in [5, 5.41) is 20.2. The Morgan fingerprint density at radius 3 is 3.06 bits per heavy atom. The monoisotopic (exact) mass is 222 g/mol. The number of nitriles is 1. The Hall–Kier alpha value is -1.84. The third-order valence-electron chi connectivity index (χ3n) is 1.89. The summed E-state index contributed by atoms with van der Waals surface area (Å²) in [5.41, 5.74) is 6.44. The molecule has 0 aliphatic carbocycles. The summed E-state index contributed by atoms with van der Waals surface area (Å²) >= 11 is 0. The number of nitrogen functional groups attached to an aromatic ring is 1. The molecule has 0 atom stereocenters. The van der Waals surface area contributed by atoms with E-state index in [0.29, 0.717) is 36.8 Å². The third-order valence-corrected chi connectivity index (χ3v) is 1.89. The van der Waals surface area contributed by atoms with Crippen LogP contribution in [0.5, 0.6) is 0 Å². The van der Waals surface area contributed by atoms with Gasteiger partial charge in [0.15, 0.2) is 5.82 Å². The standard InChI is InChI=1S/C10H14N4O2/c11-7-8-1-2-13-10(9(8)12)14-3-5-16-6-4-15/h1-2,15H,3-6,12H2,(H,13,14). The van der Waals surface area contributed by atoms with E-state index in [9.17, 15) is 0 Å². The number of anilines is 2. The van der Waals surface area contributed by atoms with Crippen LogP contribution in [0.2, 0.25) is 0 Å². The summed E-state index contributed by atoms with van der Waals surface area (Å²) in [6.45, 7) is 1.28. The van der Waals surface area contributed by atoms with E-state index in [1.54, 1.807) is 6.07 Å². The number of nitrogens with one attached hydrogen (secondary N) is 1. The molecule has 0 bridgehead atoms. The van der Waals surface area contributed by atoms with E-state index >= 15 is 0 Å². The molecule has 16 heavy (non-hydrogen) atoms. The fourth-order valence-electron chi connectivity index (χ4n) is 1.12. The van der Waals surface area contributed by atoms with Crippen LogP contribution in [-0.4, -0.2) is 36.5 Å². The molecule has 0 unspecified atom stereocenters. The summed E-state index contributed by atoms with van der Waals surface area (Å²) in [4.78, 5) is 4.01. The SMILES string of the molecule is N#Cc1ccnc(NCCOCCO)c1N. The van der Waals surface area contributed by atoms with E-state index in [4.69, 9.17) is 20.8 Å². The lowest BCUT2D eigenvalue weighted by Crippen LogP contribution is -2.13. The van der Waals surface area contributed by atoms with Crippen molar-refractivity contribution in [3.8, 4) is 6.07 Å². The predicted molar refractivity (Wildman–Crippen MR) is 59.8 cm³/mol. The van der Waals surface area contributed by atoms with Crippen molar-refractivity contribution in [3.05, 3.63) is 17.8 Å². The summed E-state index contributed by atoms with van der Waals surface area (Å²) < 4.78 is 5.05. The van der Waals surface area contributed by atoms with Gasteiger partial charge in [-0.25, -0.2) is 4.98 Å². The molecule has 1 aromatic rings. The van der Waals surface area contributed by atoms with E-state index in [1.807, 2.05) is 6.07 Å². The van der Waals surface area contributed by atoms with Crippen molar-refractivity contribution in [1.29, 1.82) is 5.26 Å². The van der Waals surface area contributed by atoms with E-state index in [-0.39, 0.29) is 6.61 Å². The first kappa shape index (κ1) is 12.2. The number of nitrogens with two attached hydrogens (primary N) is 1. The van der Waals surface area contributed by atoms with Crippen LogP contribution < -0.4 is 11.1 Å². The molecular weight excluding hydrogens is 208 g/mol. The Kier molecular flexibility index (Phi) is 5.05. The fraction of sp³-hybridized carbons (Fsp3) is 0.400. The highest BCUT2D eigenvalue weighted by molar-refractivity contribution is 5.68. The molecule has 0 aliphatic rings. The highest BCUT2D eigenvalue weighted by Gasteiger charge is 2.04. The minimum Gasteiger partial charge on any atom is -0.395 e. The third kappa shape index (κ3) is 3.38. The molecule has 4 N–H and O–H groups in total. The Morgan fingerprint density at radius 1 is 1.56 bits per heavy atom. The first-order valence-corrected chi connectivity index (χ1v) is 4.86. The van der Waals surface area contributed by atoms with E-state index in [2.05, 4.69) is 10.3 Å². The van der Waals surface area contributed by atoms with Crippen molar-refractivity contribution in [1.82, 2.24) is 4.98 Å². The molecule has 0 aromatic carbocycles. The van der Waals surface area contributed by atoms with Crippen molar-refractivity contribution in [2.24, 2.45) is 0 Å². The van der Waals surface area contributed by atoms with Crippen LogP contribution in [0.1, 0.15) is 5.56 Å². The first-order chi connectivity index (χ1) is 7.79. The minimum absolute atomic E-state index is 0.00427. The van der Waals surface area contributed by atoms with Gasteiger partial charge in [-0.3, -0.25) is 0 Å². The molecule has 1 rings (SSSR count). The number of hydrogen-bond acceptors (Lipinski definition) is 6. The second-order valence-corrected chi connectivity index (χ2v) is 3.00. The molecule has 0 saturated carbocycles. The predicted octanol–water partition coefficient (Wildman–Crippen LogP) is -0.0437. The van der Waals surface area contributed by atoms with Crippen LogP contribution in [0.4, 0.5) is 11.5 Å². The van der Waals surface area contributed by atoms with Crippen LogP contribution in [0.15, 0.2) is 12.3 Å². The van der Waals surface area contributed by atoms with Crippen molar-refractivity contribution < 1.29 is 9.84 Å². The van der Waals surface area contributed by atoms with Crippen molar-refractivity contribution in [2.75, 3.05) is 37.4 Å². The van der Waals surface area contributed by atoms with Gasteiger partial charge in [0.2, 0.25) is 0 Å². The van der Waals surface area contributed by atoms with Gasteiger partial charge in [-0.05, 0) is 6.07 Å². The average molecular weight is 222 g/mol. The zero-order valence-electron chi connectivity index (χ0n) is 8.81. The summed E-state index contributed by atoms with van der Waals surface area (Å²) in [5.74, 6) is 0.478. The average Bonchev–Trinajstić information content (AvgIpc) is 2.31. The molecule has 0 amide bonds. The number of pyridine rings is 1. The number of nitrogens with zero attached hydrogens (tertiary/aromatic N) is 2. The lowest BCUT2D eigenvalue weighted by molar-refractivity contribution is 0.0992. The zero-order valence-corrected chi connectivity index (χ0v) is 8.81. The largest absolute Gasteiger partial charge is 0.395 e. The molecule has 0 fully saturated rings. The van der Waals surface area contributed by atoms with Crippen LogP contribution >= 0.6 is 0 Å². The Balaban J connectivity index is 2.45. The van der Waals surface area contributed by atoms with Gasteiger partial charge in [0.25, 0.3) is 0 Å². The molecule has 1 heterocycles. The number of hydrogen-bond donors (Lipinski definition) is 3. The normalized spacial score (nSPS) is 9.75. The molecular formula is C10H14N4O2. The van der Waals surface area contributed by atoms with Crippen LogP contribution in [-0.2, 0) is 4.74 Å². The van der Waals surface area contributed by atoms with Gasteiger partial charge in [-0.1, -0.05) is 0 Å². The quantitative estimate of drug-likeness (QED) is 0.583. The van der Waals surface area contributed by atoms with Crippen molar-refractivity contribution >= 4 is 11.5 Å². The van der Waals surface area contributed by atoms with Gasteiger partial charge >= 0.3 is 0 Å². The molecule has 6 nitrogen and oxygen atoms in total. The summed E-state index contributed by atoms with van der Waals surface area (Å²) in [6.07, 6.45) is 1.52. The highest BCUT2D eigenvalue weighted by Crippen LogP contribution is 2.18. The highest BCUT2D eigenvalue weighted by atomic mass is 16.5. The van der Waals surface area contributed by atoms with Crippen molar-refractivity contribution in [3.63, 3.8) is 0 Å². The molecule has 0 spiro atoms. The molecule has 6 heteroatoms. The molecule has 0 aliphatic heterocycles. The molecule has 86 valence electrons. The fourth-order valence-corrected chi connectivity index (χ4v) is 1.12. The van der Waals surface area contributed by atoms with Crippen LogP contribution in [0.25, 0.3) is 0 Å². The van der Waals surface area contributed by atoms with E-state index in [1.165, 1.54) is 6.20 Å². The Labute approximate surface area is 93.7 Å². The topological polar surface area (TPSA) is 104 Å². The lowest BCUT2D eigenvalue weighted by atomic mass is 10.2. The van der Waals surface area contributed by atoms with Crippen molar-refractivity contribution in [2.45, 2.75) is 0 Å².